The molecular weight excluding hydrogens is 296 g/mol. The van der Waals surface area contributed by atoms with E-state index in [1.54, 1.807) is 11.3 Å². The zero-order valence-corrected chi connectivity index (χ0v) is 11.7. The van der Waals surface area contributed by atoms with Gasteiger partial charge in [-0.2, -0.15) is 0 Å². The molecule has 1 N–H and O–H groups in total. The van der Waals surface area contributed by atoms with Crippen molar-refractivity contribution in [2.24, 2.45) is 0 Å². The van der Waals surface area contributed by atoms with Gasteiger partial charge in [0.25, 0.3) is 0 Å². The smallest absolute Gasteiger partial charge is 0.123 e. The molecule has 1 heterocycles. The highest BCUT2D eigenvalue weighted by molar-refractivity contribution is 9.10. The minimum atomic E-state index is 0.742. The maximum Gasteiger partial charge on any atom is 0.123 e. The quantitative estimate of drug-likeness (QED) is 0.928. The molecule has 0 saturated heterocycles. The summed E-state index contributed by atoms with van der Waals surface area (Å²) >= 11 is 5.20. The Morgan fingerprint density at radius 1 is 1.41 bits per heavy atom. The van der Waals surface area contributed by atoms with Crippen LogP contribution in [0.4, 0.5) is 0 Å². The maximum atomic E-state index is 4.66. The summed E-state index contributed by atoms with van der Waals surface area (Å²) in [7, 11) is 0. The van der Waals surface area contributed by atoms with E-state index in [-0.39, 0.29) is 0 Å². The highest BCUT2D eigenvalue weighted by atomic mass is 79.9. The molecule has 0 amide bonds. The first-order valence-corrected chi connectivity index (χ1v) is 7.42. The van der Waals surface area contributed by atoms with Gasteiger partial charge in [-0.05, 0) is 25.0 Å². The summed E-state index contributed by atoms with van der Waals surface area (Å²) in [5.41, 5.74) is 2.33. The monoisotopic (exact) mass is 308 g/mol. The molecule has 88 valence electrons. The molecule has 1 aliphatic carbocycles. The van der Waals surface area contributed by atoms with Gasteiger partial charge in [-0.1, -0.05) is 28.1 Å². The maximum absolute atomic E-state index is 4.66. The molecule has 1 aromatic heterocycles. The van der Waals surface area contributed by atoms with Crippen molar-refractivity contribution < 1.29 is 0 Å². The average Bonchev–Trinajstić information content (AvgIpc) is 3.04. The van der Waals surface area contributed by atoms with Crippen molar-refractivity contribution in [3.8, 4) is 10.6 Å². The average molecular weight is 309 g/mol. The lowest BCUT2D eigenvalue weighted by atomic mass is 10.2. The fourth-order valence-corrected chi connectivity index (χ4v) is 2.89. The topological polar surface area (TPSA) is 24.9 Å². The van der Waals surface area contributed by atoms with Crippen molar-refractivity contribution in [2.75, 3.05) is 0 Å². The van der Waals surface area contributed by atoms with Crippen molar-refractivity contribution in [3.63, 3.8) is 0 Å². The van der Waals surface area contributed by atoms with Gasteiger partial charge in [0.05, 0.1) is 5.69 Å². The zero-order valence-electron chi connectivity index (χ0n) is 9.32. The van der Waals surface area contributed by atoms with Crippen molar-refractivity contribution in [1.29, 1.82) is 0 Å². The summed E-state index contributed by atoms with van der Waals surface area (Å²) < 4.78 is 1.10. The largest absolute Gasteiger partial charge is 0.308 e. The van der Waals surface area contributed by atoms with Gasteiger partial charge >= 0.3 is 0 Å². The second-order valence-corrected chi connectivity index (χ2v) is 6.08. The zero-order chi connectivity index (χ0) is 11.7. The number of aromatic nitrogens is 1. The van der Waals surface area contributed by atoms with Crippen LogP contribution >= 0.6 is 27.3 Å². The fraction of sp³-hybridized carbons (Fsp3) is 0.308. The van der Waals surface area contributed by atoms with E-state index in [0.717, 1.165) is 27.8 Å². The molecule has 2 nitrogen and oxygen atoms in total. The first kappa shape index (κ1) is 11.4. The number of hydrogen-bond acceptors (Lipinski definition) is 3. The van der Waals surface area contributed by atoms with Gasteiger partial charge < -0.3 is 5.32 Å². The third kappa shape index (κ3) is 2.94. The minimum Gasteiger partial charge on any atom is -0.308 e. The number of thiazole rings is 1. The Labute approximate surface area is 113 Å². The number of nitrogens with zero attached hydrogens (tertiary/aromatic N) is 1. The minimum absolute atomic E-state index is 0.742. The number of nitrogens with one attached hydrogen (secondary N) is 1. The van der Waals surface area contributed by atoms with Crippen molar-refractivity contribution in [1.82, 2.24) is 10.3 Å². The predicted octanol–water partition coefficient (Wildman–Crippen LogP) is 3.82. The van der Waals surface area contributed by atoms with Crippen LogP contribution in [-0.4, -0.2) is 11.0 Å². The first-order valence-electron chi connectivity index (χ1n) is 5.75. The number of benzene rings is 1. The van der Waals surface area contributed by atoms with E-state index >= 15 is 0 Å². The van der Waals surface area contributed by atoms with Gasteiger partial charge in [-0.3, -0.25) is 0 Å². The second-order valence-electron chi connectivity index (χ2n) is 4.31. The number of rotatable bonds is 4. The van der Waals surface area contributed by atoms with Crippen LogP contribution in [-0.2, 0) is 6.54 Å². The standard InChI is InChI=1S/C13H13BrN2S/c14-10-3-1-2-9(6-10)13-16-12(8-17-13)7-15-11-4-5-11/h1-3,6,8,11,15H,4-5,7H2. The molecule has 0 bridgehead atoms. The van der Waals surface area contributed by atoms with E-state index in [2.05, 4.69) is 43.7 Å². The third-order valence-corrected chi connectivity index (χ3v) is 4.21. The summed E-state index contributed by atoms with van der Waals surface area (Å²) in [6, 6.07) is 9.03. The molecule has 0 atom stereocenters. The van der Waals surface area contributed by atoms with Gasteiger partial charge in [0.2, 0.25) is 0 Å². The highest BCUT2D eigenvalue weighted by Crippen LogP contribution is 2.26. The molecule has 1 aromatic carbocycles. The van der Waals surface area contributed by atoms with Crippen LogP contribution in [0.1, 0.15) is 18.5 Å². The molecule has 2 aromatic rings. The van der Waals surface area contributed by atoms with Crippen LogP contribution in [0.3, 0.4) is 0 Å². The van der Waals surface area contributed by atoms with Crippen molar-refractivity contribution in [2.45, 2.75) is 25.4 Å². The van der Waals surface area contributed by atoms with Gasteiger partial charge in [0.15, 0.2) is 0 Å². The van der Waals surface area contributed by atoms with Gasteiger partial charge in [-0.25, -0.2) is 4.98 Å². The Balaban J connectivity index is 1.74. The molecule has 17 heavy (non-hydrogen) atoms. The fourth-order valence-electron chi connectivity index (χ4n) is 1.68. The third-order valence-electron chi connectivity index (χ3n) is 2.77. The molecule has 0 radical (unpaired) electrons. The Morgan fingerprint density at radius 3 is 3.06 bits per heavy atom. The van der Waals surface area contributed by atoms with E-state index in [0.29, 0.717) is 0 Å². The van der Waals surface area contributed by atoms with Gasteiger partial charge in [0.1, 0.15) is 5.01 Å². The predicted molar refractivity (Wildman–Crippen MR) is 75.1 cm³/mol. The molecule has 1 aliphatic rings. The first-order chi connectivity index (χ1) is 8.31. The van der Waals surface area contributed by atoms with Gasteiger partial charge in [-0.15, -0.1) is 11.3 Å². The summed E-state index contributed by atoms with van der Waals surface area (Å²) in [4.78, 5) is 4.66. The van der Waals surface area contributed by atoms with Crippen molar-refractivity contribution in [3.05, 3.63) is 39.8 Å². The Bertz CT molecular complexity index is 520. The Kier molecular flexibility index (Phi) is 3.27. The van der Waals surface area contributed by atoms with Crippen molar-refractivity contribution >= 4 is 27.3 Å². The van der Waals surface area contributed by atoms with E-state index in [1.807, 2.05) is 12.1 Å². The van der Waals surface area contributed by atoms with E-state index in [1.165, 1.54) is 18.4 Å². The molecule has 0 unspecified atom stereocenters. The molecule has 4 heteroatoms. The van der Waals surface area contributed by atoms with Crippen LogP contribution < -0.4 is 5.32 Å². The summed E-state index contributed by atoms with van der Waals surface area (Å²) in [6.45, 7) is 0.898. The number of hydrogen-bond donors (Lipinski definition) is 1. The van der Waals surface area contributed by atoms with Crippen LogP contribution in [0.5, 0.6) is 0 Å². The van der Waals surface area contributed by atoms with Crippen LogP contribution in [0, 0.1) is 0 Å². The molecule has 0 spiro atoms. The van der Waals surface area contributed by atoms with Crippen LogP contribution in [0.15, 0.2) is 34.1 Å². The lowest BCUT2D eigenvalue weighted by Crippen LogP contribution is -2.15. The highest BCUT2D eigenvalue weighted by Gasteiger charge is 2.20. The second kappa shape index (κ2) is 4.88. The Hall–Kier alpha value is -0.710. The van der Waals surface area contributed by atoms with Crippen LogP contribution in [0.2, 0.25) is 0 Å². The Morgan fingerprint density at radius 2 is 2.29 bits per heavy atom. The normalized spacial score (nSPS) is 15.1. The lowest BCUT2D eigenvalue weighted by Gasteiger charge is -1.98. The molecule has 1 fully saturated rings. The van der Waals surface area contributed by atoms with E-state index in [9.17, 15) is 0 Å². The summed E-state index contributed by atoms with van der Waals surface area (Å²) in [5.74, 6) is 0. The van der Waals surface area contributed by atoms with Gasteiger partial charge in [0, 0.05) is 28.0 Å². The van der Waals surface area contributed by atoms with E-state index in [4.69, 9.17) is 0 Å². The molecule has 1 saturated carbocycles. The van der Waals surface area contributed by atoms with E-state index < -0.39 is 0 Å². The van der Waals surface area contributed by atoms with Crippen LogP contribution in [0.25, 0.3) is 10.6 Å². The SMILES string of the molecule is Brc1cccc(-c2nc(CNC3CC3)cs2)c1. The number of halogens is 1. The molecule has 3 rings (SSSR count). The lowest BCUT2D eigenvalue weighted by molar-refractivity contribution is 0.678. The molecule has 0 aliphatic heterocycles. The summed E-state index contributed by atoms with van der Waals surface area (Å²) in [6.07, 6.45) is 2.64. The molecular formula is C13H13BrN2S. The summed E-state index contributed by atoms with van der Waals surface area (Å²) in [5, 5.41) is 6.72.